The molecule has 0 aromatic heterocycles. The Bertz CT molecular complexity index is 150. The molecule has 0 bridgehead atoms. The van der Waals surface area contributed by atoms with Crippen molar-refractivity contribution in [2.75, 3.05) is 6.54 Å². The molecule has 1 heterocycles. The van der Waals surface area contributed by atoms with Gasteiger partial charge in [0.15, 0.2) is 0 Å². The molecule has 1 saturated heterocycles. The fourth-order valence-electron chi connectivity index (χ4n) is 1.88. The number of ether oxygens (including phenoxy) is 1. The van der Waals surface area contributed by atoms with Crippen LogP contribution in [0.2, 0.25) is 0 Å². The number of nitrogens with two attached hydrogens (primary N) is 1. The third kappa shape index (κ3) is 3.25. The van der Waals surface area contributed by atoms with Crippen molar-refractivity contribution in [2.24, 2.45) is 5.73 Å². The first kappa shape index (κ1) is 11.0. The summed E-state index contributed by atoms with van der Waals surface area (Å²) in [7, 11) is 0. The van der Waals surface area contributed by atoms with Gasteiger partial charge < -0.3 is 15.8 Å². The van der Waals surface area contributed by atoms with Crippen molar-refractivity contribution in [2.45, 2.75) is 57.9 Å². The highest BCUT2D eigenvalue weighted by Gasteiger charge is 2.28. The number of hydrogen-bond donors (Lipinski definition) is 2. The minimum absolute atomic E-state index is 0.322. The molecule has 1 rings (SSSR count). The molecule has 13 heavy (non-hydrogen) atoms. The summed E-state index contributed by atoms with van der Waals surface area (Å²) >= 11 is 0. The van der Waals surface area contributed by atoms with Crippen molar-refractivity contribution in [3.8, 4) is 0 Å². The van der Waals surface area contributed by atoms with Gasteiger partial charge in [0.1, 0.15) is 0 Å². The monoisotopic (exact) mass is 186 g/mol. The predicted molar refractivity (Wildman–Crippen MR) is 54.7 cm³/mol. The molecule has 0 amide bonds. The lowest BCUT2D eigenvalue weighted by Crippen LogP contribution is -2.48. The second kappa shape index (κ2) is 4.94. The first-order valence-corrected chi connectivity index (χ1v) is 5.25. The number of nitrogens with one attached hydrogen (secondary N) is 1. The Morgan fingerprint density at radius 3 is 2.54 bits per heavy atom. The van der Waals surface area contributed by atoms with Gasteiger partial charge in [-0.3, -0.25) is 0 Å². The maximum Gasteiger partial charge on any atom is 0.0745 e. The van der Waals surface area contributed by atoms with Crippen LogP contribution in [0, 0.1) is 0 Å². The molecule has 3 heteroatoms. The molecule has 0 aromatic rings. The largest absolute Gasteiger partial charge is 0.374 e. The van der Waals surface area contributed by atoms with Crippen molar-refractivity contribution in [1.29, 1.82) is 0 Å². The molecule has 0 radical (unpaired) electrons. The maximum absolute atomic E-state index is 5.77. The quantitative estimate of drug-likeness (QED) is 0.685. The van der Waals surface area contributed by atoms with Crippen molar-refractivity contribution >= 4 is 0 Å². The van der Waals surface area contributed by atoms with Crippen LogP contribution in [0.1, 0.15) is 33.6 Å². The van der Waals surface area contributed by atoms with Gasteiger partial charge in [0.05, 0.1) is 12.2 Å². The van der Waals surface area contributed by atoms with Crippen molar-refractivity contribution in [3.63, 3.8) is 0 Å². The molecule has 1 aliphatic rings. The van der Waals surface area contributed by atoms with E-state index in [0.717, 1.165) is 6.42 Å². The van der Waals surface area contributed by atoms with Crippen LogP contribution in [-0.4, -0.2) is 30.8 Å². The lowest BCUT2D eigenvalue weighted by molar-refractivity contribution is 0.0321. The molecular formula is C10H22N2O. The van der Waals surface area contributed by atoms with Crippen LogP contribution in [0.3, 0.4) is 0 Å². The topological polar surface area (TPSA) is 47.3 Å². The van der Waals surface area contributed by atoms with Crippen LogP contribution >= 0.6 is 0 Å². The molecule has 0 aromatic carbocycles. The van der Waals surface area contributed by atoms with Crippen molar-refractivity contribution in [1.82, 2.24) is 5.32 Å². The zero-order valence-electron chi connectivity index (χ0n) is 8.92. The zero-order chi connectivity index (χ0) is 9.84. The van der Waals surface area contributed by atoms with Crippen LogP contribution in [0.25, 0.3) is 0 Å². The van der Waals surface area contributed by atoms with Crippen LogP contribution < -0.4 is 11.1 Å². The summed E-state index contributed by atoms with van der Waals surface area (Å²) in [6.45, 7) is 7.07. The highest BCUT2D eigenvalue weighted by Crippen LogP contribution is 2.21. The Hall–Kier alpha value is -0.120. The molecule has 3 nitrogen and oxygen atoms in total. The highest BCUT2D eigenvalue weighted by atomic mass is 16.5. The second-order valence-electron chi connectivity index (χ2n) is 4.23. The first-order valence-electron chi connectivity index (χ1n) is 5.25. The fourth-order valence-corrected chi connectivity index (χ4v) is 1.88. The summed E-state index contributed by atoms with van der Waals surface area (Å²) in [4.78, 5) is 0. The van der Waals surface area contributed by atoms with Crippen LogP contribution in [0.15, 0.2) is 0 Å². The summed E-state index contributed by atoms with van der Waals surface area (Å²) in [5.74, 6) is 0. The molecule has 1 fully saturated rings. The molecule has 3 N–H and O–H groups in total. The van der Waals surface area contributed by atoms with E-state index in [2.05, 4.69) is 26.1 Å². The van der Waals surface area contributed by atoms with Gasteiger partial charge in [-0.1, -0.05) is 13.8 Å². The zero-order valence-corrected chi connectivity index (χ0v) is 8.92. The van der Waals surface area contributed by atoms with E-state index in [1.165, 1.54) is 6.42 Å². The van der Waals surface area contributed by atoms with Crippen LogP contribution in [0.4, 0.5) is 0 Å². The Labute approximate surface area is 81.0 Å². The summed E-state index contributed by atoms with van der Waals surface area (Å²) in [5.41, 5.74) is 5.70. The Kier molecular flexibility index (Phi) is 4.16. The highest BCUT2D eigenvalue weighted by molar-refractivity contribution is 4.84. The summed E-state index contributed by atoms with van der Waals surface area (Å²) < 4.78 is 5.77. The smallest absolute Gasteiger partial charge is 0.0745 e. The first-order chi connectivity index (χ1) is 6.13. The summed E-state index contributed by atoms with van der Waals surface area (Å²) in [6.07, 6.45) is 3.04. The van der Waals surface area contributed by atoms with Gasteiger partial charge in [-0.25, -0.2) is 0 Å². The van der Waals surface area contributed by atoms with Gasteiger partial charge in [-0.15, -0.1) is 0 Å². The molecule has 0 aliphatic carbocycles. The molecular weight excluding hydrogens is 164 g/mol. The van der Waals surface area contributed by atoms with Gasteiger partial charge in [0.25, 0.3) is 0 Å². The molecule has 0 saturated carbocycles. The summed E-state index contributed by atoms with van der Waals surface area (Å²) in [6, 6.07) is 0.804. The fraction of sp³-hybridized carbons (Fsp3) is 1.00. The van der Waals surface area contributed by atoms with Gasteiger partial charge in [0, 0.05) is 18.6 Å². The Morgan fingerprint density at radius 1 is 1.46 bits per heavy atom. The second-order valence-corrected chi connectivity index (χ2v) is 4.23. The van der Waals surface area contributed by atoms with Crippen molar-refractivity contribution < 1.29 is 4.74 Å². The minimum Gasteiger partial charge on any atom is -0.374 e. The van der Waals surface area contributed by atoms with E-state index in [0.29, 0.717) is 30.8 Å². The summed E-state index contributed by atoms with van der Waals surface area (Å²) in [5, 5.41) is 3.44. The van der Waals surface area contributed by atoms with E-state index in [4.69, 9.17) is 10.5 Å². The van der Waals surface area contributed by atoms with E-state index < -0.39 is 0 Å². The number of rotatable bonds is 4. The average molecular weight is 186 g/mol. The third-order valence-corrected chi connectivity index (χ3v) is 2.51. The van der Waals surface area contributed by atoms with Crippen LogP contribution in [0.5, 0.6) is 0 Å². The van der Waals surface area contributed by atoms with E-state index in [1.807, 2.05) is 0 Å². The van der Waals surface area contributed by atoms with Gasteiger partial charge in [-0.2, -0.15) is 0 Å². The third-order valence-electron chi connectivity index (χ3n) is 2.51. The maximum atomic E-state index is 5.77. The van der Waals surface area contributed by atoms with E-state index in [-0.39, 0.29) is 0 Å². The standard InChI is InChI=1S/C10H22N2O/c1-7(2)12-9(6-11)10-5-4-8(3)13-10/h7-10,12H,4-6,11H2,1-3H3. The average Bonchev–Trinajstić information content (AvgIpc) is 2.47. The van der Waals surface area contributed by atoms with E-state index in [9.17, 15) is 0 Å². The lowest BCUT2D eigenvalue weighted by Gasteiger charge is -2.25. The van der Waals surface area contributed by atoms with E-state index in [1.54, 1.807) is 0 Å². The minimum atomic E-state index is 0.322. The predicted octanol–water partition coefficient (Wildman–Crippen LogP) is 0.879. The van der Waals surface area contributed by atoms with Gasteiger partial charge in [0.2, 0.25) is 0 Å². The Balaban J connectivity index is 2.37. The van der Waals surface area contributed by atoms with E-state index >= 15 is 0 Å². The number of hydrogen-bond acceptors (Lipinski definition) is 3. The van der Waals surface area contributed by atoms with Crippen LogP contribution in [-0.2, 0) is 4.74 Å². The molecule has 3 unspecified atom stereocenters. The molecule has 3 atom stereocenters. The lowest BCUT2D eigenvalue weighted by atomic mass is 10.1. The normalized spacial score (nSPS) is 31.2. The molecule has 0 spiro atoms. The van der Waals surface area contributed by atoms with Gasteiger partial charge >= 0.3 is 0 Å². The Morgan fingerprint density at radius 2 is 2.15 bits per heavy atom. The van der Waals surface area contributed by atoms with Gasteiger partial charge in [-0.05, 0) is 19.8 Å². The molecule has 1 aliphatic heterocycles. The molecule has 78 valence electrons. The van der Waals surface area contributed by atoms with Crippen molar-refractivity contribution in [3.05, 3.63) is 0 Å². The SMILES string of the molecule is CC(C)NC(CN)C1CCC(C)O1.